The molecule has 0 fully saturated rings. The van der Waals surface area contributed by atoms with Crippen molar-refractivity contribution in [2.24, 2.45) is 0 Å². The maximum atomic E-state index is 13.5. The highest BCUT2D eigenvalue weighted by Gasteiger charge is 2.35. The summed E-state index contributed by atoms with van der Waals surface area (Å²) in [6.07, 6.45) is -9.87. The maximum Gasteiger partial charge on any atom is 0.417 e. The fourth-order valence-electron chi connectivity index (χ4n) is 3.62. The zero-order chi connectivity index (χ0) is 20.1. The van der Waals surface area contributed by atoms with E-state index in [1.165, 1.54) is 16.7 Å². The molecule has 27 heavy (non-hydrogen) atoms. The number of halogens is 6. The summed E-state index contributed by atoms with van der Waals surface area (Å²) in [6, 6.07) is 3.24. The Morgan fingerprint density at radius 3 is 2.30 bits per heavy atom. The number of hydrogen-bond donors (Lipinski definition) is 1. The molecule has 1 aromatic carbocycles. The molecule has 0 atom stereocenters. The number of aromatic nitrogens is 2. The molecule has 0 saturated heterocycles. The van der Waals surface area contributed by atoms with Crippen LogP contribution in [0, 0.1) is 6.92 Å². The van der Waals surface area contributed by atoms with Crippen molar-refractivity contribution in [3.05, 3.63) is 45.4 Å². The van der Waals surface area contributed by atoms with Crippen LogP contribution in [0.2, 0.25) is 0 Å². The van der Waals surface area contributed by atoms with Crippen molar-refractivity contribution in [2.45, 2.75) is 45.6 Å². The van der Waals surface area contributed by atoms with Gasteiger partial charge >= 0.3 is 12.4 Å². The van der Waals surface area contributed by atoms with Crippen molar-refractivity contribution in [3.8, 4) is 0 Å². The van der Waals surface area contributed by atoms with Crippen molar-refractivity contribution < 1.29 is 26.3 Å². The predicted octanol–water partition coefficient (Wildman–Crippen LogP) is 5.32. The minimum absolute atomic E-state index is 0.000972. The van der Waals surface area contributed by atoms with Gasteiger partial charge in [-0.2, -0.15) is 26.3 Å². The van der Waals surface area contributed by atoms with Gasteiger partial charge in [-0.15, -0.1) is 0 Å². The minimum atomic E-state index is -4.77. The Labute approximate surface area is 149 Å². The summed E-state index contributed by atoms with van der Waals surface area (Å²) in [7, 11) is 0. The van der Waals surface area contributed by atoms with E-state index in [-0.39, 0.29) is 22.8 Å². The van der Waals surface area contributed by atoms with E-state index in [0.717, 1.165) is 0 Å². The van der Waals surface area contributed by atoms with E-state index in [4.69, 9.17) is 0 Å². The van der Waals surface area contributed by atoms with E-state index in [2.05, 4.69) is 4.98 Å². The molecular weight excluding hydrogens is 374 g/mol. The Bertz CT molecular complexity index is 1070. The SMILES string of the molecule is CCc1c(C)c2c3c(C(F)(F)F)cc(=O)[nH]c3ccc2n1CCC(F)(F)F. The Morgan fingerprint density at radius 1 is 1.07 bits per heavy atom. The minimum Gasteiger partial charge on any atom is -0.344 e. The lowest BCUT2D eigenvalue weighted by molar-refractivity contribution is -0.137. The van der Waals surface area contributed by atoms with Crippen LogP contribution in [-0.4, -0.2) is 15.7 Å². The molecule has 1 N–H and O–H groups in total. The summed E-state index contributed by atoms with van der Waals surface area (Å²) in [5.74, 6) is 0. The standard InChI is InChI=1S/C18H16F6N2O/c1-3-12-9(2)15-13(26(12)7-6-17(19,20)21)5-4-11-16(15)10(18(22,23)24)8-14(27)25-11/h4-5,8H,3,6-7H2,1-2H3,(H,25,27). The normalized spacial score (nSPS) is 13.0. The first-order chi connectivity index (χ1) is 12.4. The zero-order valence-corrected chi connectivity index (χ0v) is 14.5. The maximum absolute atomic E-state index is 13.5. The largest absolute Gasteiger partial charge is 0.417 e. The quantitative estimate of drug-likeness (QED) is 0.604. The molecule has 0 saturated carbocycles. The predicted molar refractivity (Wildman–Crippen MR) is 89.9 cm³/mol. The van der Waals surface area contributed by atoms with Crippen molar-refractivity contribution in [3.63, 3.8) is 0 Å². The number of pyridine rings is 1. The second kappa shape index (κ2) is 6.31. The van der Waals surface area contributed by atoms with Gasteiger partial charge in [0.05, 0.1) is 12.0 Å². The number of H-pyrrole nitrogens is 1. The first-order valence-corrected chi connectivity index (χ1v) is 8.25. The average molecular weight is 390 g/mol. The van der Waals surface area contributed by atoms with Crippen LogP contribution in [0.25, 0.3) is 21.8 Å². The Hall–Kier alpha value is -2.45. The number of nitrogens with one attached hydrogen (secondary N) is 1. The van der Waals surface area contributed by atoms with Crippen LogP contribution < -0.4 is 5.56 Å². The van der Waals surface area contributed by atoms with E-state index in [9.17, 15) is 31.1 Å². The molecule has 0 aliphatic rings. The van der Waals surface area contributed by atoms with Crippen molar-refractivity contribution >= 4 is 21.8 Å². The molecule has 0 radical (unpaired) electrons. The van der Waals surface area contributed by atoms with Gasteiger partial charge in [0.2, 0.25) is 5.56 Å². The van der Waals surface area contributed by atoms with Gasteiger partial charge < -0.3 is 9.55 Å². The van der Waals surface area contributed by atoms with Crippen LogP contribution in [0.5, 0.6) is 0 Å². The second-order valence-corrected chi connectivity index (χ2v) is 6.37. The monoisotopic (exact) mass is 390 g/mol. The van der Waals surface area contributed by atoms with Gasteiger partial charge in [-0.1, -0.05) is 6.92 Å². The van der Waals surface area contributed by atoms with E-state index in [1.807, 2.05) is 0 Å². The number of rotatable bonds is 3. The fraction of sp³-hybridized carbons (Fsp3) is 0.389. The third kappa shape index (κ3) is 3.42. The van der Waals surface area contributed by atoms with Crippen LogP contribution in [0.3, 0.4) is 0 Å². The first kappa shape index (κ1) is 19.3. The molecule has 2 aromatic heterocycles. The number of alkyl halides is 6. The van der Waals surface area contributed by atoms with Crippen LogP contribution in [-0.2, 0) is 19.1 Å². The smallest absolute Gasteiger partial charge is 0.344 e. The van der Waals surface area contributed by atoms with Gasteiger partial charge in [0.25, 0.3) is 0 Å². The van der Waals surface area contributed by atoms with Gasteiger partial charge in [-0.25, -0.2) is 0 Å². The number of fused-ring (bicyclic) bond motifs is 3. The number of hydrogen-bond acceptors (Lipinski definition) is 1. The van der Waals surface area contributed by atoms with Gasteiger partial charge in [0.1, 0.15) is 0 Å². The molecule has 0 bridgehead atoms. The highest BCUT2D eigenvalue weighted by molar-refractivity contribution is 6.09. The van der Waals surface area contributed by atoms with Crippen LogP contribution in [0.15, 0.2) is 23.0 Å². The summed E-state index contributed by atoms with van der Waals surface area (Å²) in [5, 5.41) is 0.0210. The van der Waals surface area contributed by atoms with Crippen molar-refractivity contribution in [2.75, 3.05) is 0 Å². The zero-order valence-electron chi connectivity index (χ0n) is 14.5. The van der Waals surface area contributed by atoms with Crippen molar-refractivity contribution in [1.29, 1.82) is 0 Å². The molecule has 0 aliphatic heterocycles. The lowest BCUT2D eigenvalue weighted by atomic mass is 10.0. The lowest BCUT2D eigenvalue weighted by Crippen LogP contribution is -2.14. The summed E-state index contributed by atoms with van der Waals surface area (Å²) in [6.45, 7) is 2.95. The second-order valence-electron chi connectivity index (χ2n) is 6.37. The van der Waals surface area contributed by atoms with Crippen LogP contribution in [0.4, 0.5) is 26.3 Å². The summed E-state index contributed by atoms with van der Waals surface area (Å²) in [4.78, 5) is 14.0. The molecule has 3 rings (SSSR count). The third-order valence-electron chi connectivity index (χ3n) is 4.67. The topological polar surface area (TPSA) is 37.8 Å². The first-order valence-electron chi connectivity index (χ1n) is 8.25. The van der Waals surface area contributed by atoms with Crippen LogP contribution >= 0.6 is 0 Å². The number of aromatic amines is 1. The number of nitrogens with zero attached hydrogens (tertiary/aromatic N) is 1. The van der Waals surface area contributed by atoms with E-state index in [0.29, 0.717) is 29.3 Å². The van der Waals surface area contributed by atoms with Crippen LogP contribution in [0.1, 0.15) is 30.2 Å². The molecule has 146 valence electrons. The molecule has 0 unspecified atom stereocenters. The molecule has 3 nitrogen and oxygen atoms in total. The van der Waals surface area contributed by atoms with E-state index >= 15 is 0 Å². The average Bonchev–Trinajstić information content (AvgIpc) is 2.82. The lowest BCUT2D eigenvalue weighted by Gasteiger charge is -2.13. The highest BCUT2D eigenvalue weighted by Crippen LogP contribution is 2.40. The Balaban J connectivity index is 2.42. The summed E-state index contributed by atoms with van der Waals surface area (Å²) < 4.78 is 80.1. The van der Waals surface area contributed by atoms with Gasteiger partial charge in [0.15, 0.2) is 0 Å². The molecule has 9 heteroatoms. The third-order valence-corrected chi connectivity index (χ3v) is 4.67. The Kier molecular flexibility index (Phi) is 4.52. The molecule has 3 aromatic rings. The summed E-state index contributed by atoms with van der Waals surface area (Å²) >= 11 is 0. The highest BCUT2D eigenvalue weighted by atomic mass is 19.4. The molecule has 0 spiro atoms. The van der Waals surface area contributed by atoms with Crippen molar-refractivity contribution in [1.82, 2.24) is 9.55 Å². The van der Waals surface area contributed by atoms with E-state index < -0.39 is 29.9 Å². The summed E-state index contributed by atoms with van der Waals surface area (Å²) in [5.41, 5.74) is -0.664. The van der Waals surface area contributed by atoms with Gasteiger partial charge in [-0.3, -0.25) is 4.79 Å². The van der Waals surface area contributed by atoms with Gasteiger partial charge in [-0.05, 0) is 31.0 Å². The van der Waals surface area contributed by atoms with E-state index in [1.54, 1.807) is 13.8 Å². The molecule has 2 heterocycles. The molecule has 0 amide bonds. The Morgan fingerprint density at radius 2 is 1.74 bits per heavy atom. The molecular formula is C18H16F6N2O. The number of benzene rings is 1. The number of aryl methyl sites for hydroxylation is 2. The van der Waals surface area contributed by atoms with Gasteiger partial charge in [0, 0.05) is 40.1 Å². The molecule has 0 aliphatic carbocycles. The fourth-order valence-corrected chi connectivity index (χ4v) is 3.62.